The summed E-state index contributed by atoms with van der Waals surface area (Å²) in [6, 6.07) is 1.30. The van der Waals surface area contributed by atoms with Crippen LogP contribution in [-0.4, -0.2) is 163 Å². The molecule has 3 unspecified atom stereocenters. The van der Waals surface area contributed by atoms with Crippen LogP contribution in [0.5, 0.6) is 5.75 Å². The molecule has 8 atom stereocenters. The number of aliphatic carboxylic acids is 1. The monoisotopic (exact) mass is 1320 g/mol. The Bertz CT molecular complexity index is 2900. The number of nitrogens with two attached hydrogens (primary N) is 1. The number of carbonyl (C=O) groups excluding carboxylic acids is 8. The number of esters is 1. The number of unbranched alkanes of at least 4 members (excludes halogenated alkanes) is 1. The molecule has 2 saturated heterocycles. The fourth-order valence-electron chi connectivity index (χ4n) is 9.04. The van der Waals surface area contributed by atoms with Crippen LogP contribution in [0.15, 0.2) is 60.2 Å². The smallest absolute Gasteiger partial charge is 0.409 e. The number of anilines is 2. The molecule has 4 bridgehead atoms. The van der Waals surface area contributed by atoms with Crippen molar-refractivity contribution in [2.45, 2.75) is 166 Å². The number of nitrogens with one attached hydrogen (secondary N) is 5. The summed E-state index contributed by atoms with van der Waals surface area (Å²) in [6.07, 6.45) is 7.44. The van der Waals surface area contributed by atoms with Crippen LogP contribution in [0.2, 0.25) is 5.02 Å². The van der Waals surface area contributed by atoms with Gasteiger partial charge in [-0.2, -0.15) is 0 Å². The normalized spacial score (nSPS) is 21.7. The van der Waals surface area contributed by atoms with E-state index in [0.29, 0.717) is 72.0 Å². The molecule has 2 aromatic rings. The lowest BCUT2D eigenvalue weighted by atomic mass is 9.91. The maximum atomic E-state index is 14.9. The molecule has 3 aliphatic rings. The average Bonchev–Trinajstić information content (AvgIpc) is 2.57. The van der Waals surface area contributed by atoms with E-state index in [2.05, 4.69) is 62.9 Å². The first kappa shape index (κ1) is 75.1. The molecule has 8 amide bonds. The summed E-state index contributed by atoms with van der Waals surface area (Å²) in [4.78, 5) is 112. The van der Waals surface area contributed by atoms with E-state index in [4.69, 9.17) is 46.1 Å². The summed E-state index contributed by atoms with van der Waals surface area (Å²) in [7, 11) is 5.83. The van der Waals surface area contributed by atoms with Crippen molar-refractivity contribution in [3.8, 4) is 5.75 Å². The molecular weight excluding hydrogens is 1240 g/mol. The van der Waals surface area contributed by atoms with Gasteiger partial charge in [0.1, 0.15) is 46.7 Å². The number of allylic oxidation sites excluding steroid dienone is 3. The standard InChI is InChI=1S/C30H41BrF2N6O9.C27H35ClN2O7.C3H8/c1-16(14-31)29(46)48-17(2)8-5-6-10-24(40)36-15-25(41)37-22(9-7-11-35-30(34)47)26(42)38-23-13-20(32)19(12-21(23)33)27(43)39(4)18(3)28(44)45;1-16-7-6-8-21(35-5)27(33)15-18(36-25(32)29-27)14-22-26(2,37-22)10-9-23(31)30(3)19-12-17(11-16)13-20(34-4)24(19)28;1-3-2/h12-13,17-18,22H,1,5-11,14-15H2,2-4H3,(H,36,40)(H,37,41)(H,38,42)(H,44,45)(H3,34,35,47);6-8,12-13,18,21-22,33H,9-11,14-15H2,1-5H3,(H,29,32);3H2,1-2H3/b;8-6+,16-7+;/t17?,18-,22?;18?,21-,22+,26+,27+;/m01./s1. The summed E-state index contributed by atoms with van der Waals surface area (Å²) in [6.45, 7) is 14.1. The number of epoxide rings is 1. The molecule has 28 heteroatoms. The number of hydrogen-bond acceptors (Lipinski definition) is 15. The molecule has 0 aromatic heterocycles. The maximum absolute atomic E-state index is 14.9. The minimum atomic E-state index is -1.64. The van der Waals surface area contributed by atoms with E-state index in [0.717, 1.165) is 18.2 Å². The second kappa shape index (κ2) is 35.7. The number of likely N-dealkylation sites (N-methyl/N-ethyl adjacent to an activating group) is 1. The quantitative estimate of drug-likeness (QED) is 0.0189. The number of carboxylic acids is 1. The van der Waals surface area contributed by atoms with E-state index >= 15 is 0 Å². The van der Waals surface area contributed by atoms with E-state index in [9.17, 15) is 57.0 Å². The van der Waals surface area contributed by atoms with Gasteiger partial charge in [0.2, 0.25) is 23.6 Å². The van der Waals surface area contributed by atoms with Crippen molar-refractivity contribution in [3.63, 3.8) is 0 Å². The van der Waals surface area contributed by atoms with E-state index in [1.807, 2.05) is 32.1 Å². The third kappa shape index (κ3) is 23.4. The van der Waals surface area contributed by atoms with Gasteiger partial charge in [-0.25, -0.2) is 28.0 Å². The molecule has 5 rings (SSSR count). The number of primary amides is 1. The van der Waals surface area contributed by atoms with Gasteiger partial charge in [0.15, 0.2) is 5.72 Å². The Morgan fingerprint density at radius 2 is 1.70 bits per heavy atom. The zero-order valence-corrected chi connectivity index (χ0v) is 53.8. The lowest BCUT2D eigenvalue weighted by molar-refractivity contribution is -0.144. The van der Waals surface area contributed by atoms with Gasteiger partial charge in [-0.15, -0.1) is 0 Å². The Hall–Kier alpha value is -7.20. The highest BCUT2D eigenvalue weighted by Crippen LogP contribution is 2.45. The number of alkyl carbamates (subject to hydrolysis) is 1. The molecule has 24 nitrogen and oxygen atoms in total. The number of methoxy groups -OCH3 is 2. The number of fused-ring (bicyclic) bond motifs is 5. The van der Waals surface area contributed by atoms with Crippen LogP contribution in [0.3, 0.4) is 0 Å². The number of ether oxygens (including phenoxy) is 5. The molecule has 9 N–H and O–H groups in total. The topological polar surface area (TPSA) is 336 Å². The molecular formula is C60H84BrClF2N8O16. The van der Waals surface area contributed by atoms with Gasteiger partial charge in [0.25, 0.3) is 5.91 Å². The number of amides is 8. The zero-order chi connectivity index (χ0) is 66.2. The Morgan fingerprint density at radius 3 is 2.33 bits per heavy atom. The maximum Gasteiger partial charge on any atom is 0.409 e. The first-order valence-corrected chi connectivity index (χ1v) is 30.1. The number of hydrogen-bond donors (Lipinski definition) is 8. The first-order valence-electron chi connectivity index (χ1n) is 28.6. The summed E-state index contributed by atoms with van der Waals surface area (Å²) in [5.41, 5.74) is 4.23. The van der Waals surface area contributed by atoms with Crippen molar-refractivity contribution < 1.29 is 85.8 Å². The van der Waals surface area contributed by atoms with Gasteiger partial charge in [-0.3, -0.25) is 29.3 Å². The van der Waals surface area contributed by atoms with Crippen molar-refractivity contribution >= 4 is 92.5 Å². The van der Waals surface area contributed by atoms with Crippen molar-refractivity contribution in [1.29, 1.82) is 0 Å². The molecule has 3 heterocycles. The Balaban J connectivity index is 0.000000452. The molecule has 2 aromatic carbocycles. The second-order valence-corrected chi connectivity index (χ2v) is 22.7. The number of urea groups is 1. The molecule has 3 aliphatic heterocycles. The van der Waals surface area contributed by atoms with Crippen LogP contribution < -0.4 is 42.0 Å². The minimum Gasteiger partial charge on any atom is -0.495 e. The van der Waals surface area contributed by atoms with Gasteiger partial charge < -0.3 is 70.7 Å². The number of alkyl halides is 1. The number of carbonyl (C=O) groups is 9. The highest BCUT2D eigenvalue weighted by molar-refractivity contribution is 9.09. The fraction of sp³-hybridized carbons (Fsp3) is 0.550. The number of halogens is 4. The average molecular weight is 1330 g/mol. The number of nitrogens with zero attached hydrogens (tertiary/aromatic N) is 2. The Kier molecular flexibility index (Phi) is 30.5. The van der Waals surface area contributed by atoms with Crippen LogP contribution in [0.1, 0.15) is 128 Å². The predicted octanol–water partition coefficient (Wildman–Crippen LogP) is 7.26. The van der Waals surface area contributed by atoms with E-state index in [1.165, 1.54) is 20.5 Å². The molecule has 488 valence electrons. The lowest BCUT2D eigenvalue weighted by Crippen LogP contribution is -2.62. The lowest BCUT2D eigenvalue weighted by Gasteiger charge is -2.40. The fourth-order valence-corrected chi connectivity index (χ4v) is 9.58. The van der Waals surface area contributed by atoms with Crippen molar-refractivity contribution in [2.75, 3.05) is 57.0 Å². The van der Waals surface area contributed by atoms with Crippen LogP contribution in [-0.2, 0) is 54.1 Å². The highest BCUT2D eigenvalue weighted by Gasteiger charge is 2.55. The van der Waals surface area contributed by atoms with Crippen LogP contribution in [0, 0.1) is 11.6 Å². The zero-order valence-electron chi connectivity index (χ0n) is 51.4. The number of aliphatic hydroxyl groups is 1. The third-order valence-corrected chi connectivity index (χ3v) is 15.3. The van der Waals surface area contributed by atoms with Crippen molar-refractivity contribution in [2.24, 2.45) is 5.73 Å². The summed E-state index contributed by atoms with van der Waals surface area (Å²) in [5, 5.41) is 32.9. The van der Waals surface area contributed by atoms with Gasteiger partial charge in [0.05, 0.1) is 48.4 Å². The van der Waals surface area contributed by atoms with E-state index in [1.54, 1.807) is 38.1 Å². The third-order valence-electron chi connectivity index (χ3n) is 14.3. The highest BCUT2D eigenvalue weighted by atomic mass is 79.9. The van der Waals surface area contributed by atoms with Gasteiger partial charge in [-0.1, -0.05) is 78.2 Å². The Labute approximate surface area is 525 Å². The first-order chi connectivity index (χ1) is 41.4. The number of carboxylic acid groups (broad SMARTS) is 1. The Morgan fingerprint density at radius 1 is 1.02 bits per heavy atom. The van der Waals surface area contributed by atoms with Crippen molar-refractivity contribution in [3.05, 3.63) is 88.0 Å². The largest absolute Gasteiger partial charge is 0.495 e. The van der Waals surface area contributed by atoms with Crippen molar-refractivity contribution in [1.82, 2.24) is 26.2 Å². The van der Waals surface area contributed by atoms with Crippen LogP contribution >= 0.6 is 27.5 Å². The SMILES string of the molecule is C=C(CBr)C(=O)OC(C)CCCCC(=O)NCC(=O)NC(CCCNC(N)=O)C(=O)Nc1cc(F)c(C(=O)N(C)[C@@H](C)C(=O)O)cc1F.CCC.COc1cc2cc(c1Cl)N(C)C(=O)CC[C@]1(C)O[C@H]1CC1C[C@@](O)(NC(=O)O1)[C@H](OC)/C=C/C=C(\C)C2. The van der Waals surface area contributed by atoms with Gasteiger partial charge >= 0.3 is 24.1 Å². The van der Waals surface area contributed by atoms with E-state index in [-0.39, 0.29) is 67.7 Å². The molecule has 0 aliphatic carbocycles. The number of benzene rings is 2. The van der Waals surface area contributed by atoms with Gasteiger partial charge in [-0.05, 0) is 96.4 Å². The molecule has 0 spiro atoms. The molecule has 0 radical (unpaired) electrons. The minimum absolute atomic E-state index is 0.0247. The molecule has 0 saturated carbocycles. The van der Waals surface area contributed by atoms with E-state index < -0.39 is 113 Å². The summed E-state index contributed by atoms with van der Waals surface area (Å²) in [5.74, 6) is -7.27. The molecule has 88 heavy (non-hydrogen) atoms. The van der Waals surface area contributed by atoms with Crippen LogP contribution in [0.25, 0.3) is 0 Å². The molecule has 2 fully saturated rings. The second-order valence-electron chi connectivity index (χ2n) is 21.7. The van der Waals surface area contributed by atoms with Gasteiger partial charge in [0, 0.05) is 70.4 Å². The predicted molar refractivity (Wildman–Crippen MR) is 328 cm³/mol. The van der Waals surface area contributed by atoms with Crippen LogP contribution in [0.4, 0.5) is 29.7 Å². The number of rotatable bonds is 22. The summed E-state index contributed by atoms with van der Waals surface area (Å²) >= 11 is 9.71. The summed E-state index contributed by atoms with van der Waals surface area (Å²) < 4.78 is 57.3.